The monoisotopic (exact) mass is 407 g/mol. The number of benzene rings is 1. The molecule has 6 rings (SSSR count). The Bertz CT molecular complexity index is 1090. The van der Waals surface area contributed by atoms with E-state index < -0.39 is 0 Å². The van der Waals surface area contributed by atoms with Crippen LogP contribution < -0.4 is 9.80 Å². The highest BCUT2D eigenvalue weighted by atomic mass is 16.6. The number of rotatable bonds is 5. The Morgan fingerprint density at radius 3 is 2.93 bits per heavy atom. The van der Waals surface area contributed by atoms with Crippen LogP contribution in [0.15, 0.2) is 36.8 Å². The fourth-order valence-corrected chi connectivity index (χ4v) is 4.74. The summed E-state index contributed by atoms with van der Waals surface area (Å²) >= 11 is 0. The molecular formula is C20H21N7O3. The van der Waals surface area contributed by atoms with Gasteiger partial charge in [0.25, 0.3) is 0 Å². The second-order valence-electron chi connectivity index (χ2n) is 7.95. The van der Waals surface area contributed by atoms with E-state index in [0.29, 0.717) is 13.1 Å². The number of aliphatic hydroxyl groups excluding tert-OH is 1. The van der Waals surface area contributed by atoms with Gasteiger partial charge in [-0.05, 0) is 30.2 Å². The van der Waals surface area contributed by atoms with E-state index in [1.807, 2.05) is 12.3 Å². The molecule has 30 heavy (non-hydrogen) atoms. The number of nitrogens with zero attached hydrogens (tertiary/aromatic N) is 7. The average Bonchev–Trinajstić information content (AvgIpc) is 3.51. The van der Waals surface area contributed by atoms with Crippen LogP contribution >= 0.6 is 0 Å². The van der Waals surface area contributed by atoms with Gasteiger partial charge in [0.05, 0.1) is 49.9 Å². The summed E-state index contributed by atoms with van der Waals surface area (Å²) in [6, 6.07) is 6.24. The van der Waals surface area contributed by atoms with E-state index in [0.717, 1.165) is 42.1 Å². The van der Waals surface area contributed by atoms with Gasteiger partial charge in [-0.2, -0.15) is 5.10 Å². The first-order chi connectivity index (χ1) is 14.7. The Morgan fingerprint density at radius 1 is 1.20 bits per heavy atom. The van der Waals surface area contributed by atoms with Crippen molar-refractivity contribution in [3.8, 4) is 0 Å². The third-order valence-corrected chi connectivity index (χ3v) is 6.12. The molecule has 10 nitrogen and oxygen atoms in total. The first kappa shape index (κ1) is 17.5. The molecule has 5 heterocycles. The maximum atomic E-state index is 12.5. The number of hydrogen-bond acceptors (Lipinski definition) is 7. The summed E-state index contributed by atoms with van der Waals surface area (Å²) in [6.07, 6.45) is 5.63. The van der Waals surface area contributed by atoms with Gasteiger partial charge >= 0.3 is 6.09 Å². The number of ether oxygens (including phenoxy) is 1. The van der Waals surface area contributed by atoms with E-state index in [4.69, 9.17) is 9.84 Å². The molecule has 0 radical (unpaired) electrons. The van der Waals surface area contributed by atoms with Crippen molar-refractivity contribution in [1.29, 1.82) is 0 Å². The highest BCUT2D eigenvalue weighted by Crippen LogP contribution is 2.41. The van der Waals surface area contributed by atoms with Gasteiger partial charge in [-0.1, -0.05) is 5.21 Å². The van der Waals surface area contributed by atoms with Gasteiger partial charge in [0.1, 0.15) is 6.10 Å². The van der Waals surface area contributed by atoms with Gasteiger partial charge in [-0.15, -0.1) is 5.10 Å². The molecule has 1 fully saturated rings. The summed E-state index contributed by atoms with van der Waals surface area (Å²) in [5.74, 6) is 0. The zero-order valence-electron chi connectivity index (χ0n) is 16.3. The van der Waals surface area contributed by atoms with E-state index in [9.17, 15) is 4.79 Å². The lowest BCUT2D eigenvalue weighted by atomic mass is 10.0. The Balaban J connectivity index is 1.21. The highest BCUT2D eigenvalue weighted by molar-refractivity contribution is 5.94. The Morgan fingerprint density at radius 2 is 2.13 bits per heavy atom. The first-order valence-corrected chi connectivity index (χ1v) is 10.1. The number of aliphatic hydroxyl groups is 1. The van der Waals surface area contributed by atoms with Crippen LogP contribution in [0.2, 0.25) is 0 Å². The minimum absolute atomic E-state index is 0.0240. The van der Waals surface area contributed by atoms with Gasteiger partial charge in [0, 0.05) is 30.2 Å². The largest absolute Gasteiger partial charge is 0.442 e. The number of carbonyl (C=O) groups is 1. The van der Waals surface area contributed by atoms with Crippen LogP contribution in [-0.4, -0.2) is 54.7 Å². The van der Waals surface area contributed by atoms with Crippen molar-refractivity contribution in [3.63, 3.8) is 0 Å². The summed E-state index contributed by atoms with van der Waals surface area (Å²) in [6.45, 7) is 2.65. The molecule has 3 aromatic rings. The fraction of sp³-hybridized carbons (Fsp3) is 0.400. The first-order valence-electron chi connectivity index (χ1n) is 10.1. The molecule has 0 spiro atoms. The zero-order valence-corrected chi connectivity index (χ0v) is 16.3. The second-order valence-corrected chi connectivity index (χ2v) is 7.95. The van der Waals surface area contributed by atoms with Crippen LogP contribution in [0.25, 0.3) is 0 Å². The maximum Gasteiger partial charge on any atom is 0.415 e. The molecule has 1 N–H and O–H groups in total. The molecule has 1 aromatic carbocycles. The van der Waals surface area contributed by atoms with Crippen molar-refractivity contribution in [2.75, 3.05) is 16.4 Å². The van der Waals surface area contributed by atoms with Gasteiger partial charge in [-0.3, -0.25) is 9.58 Å². The summed E-state index contributed by atoms with van der Waals surface area (Å²) in [4.78, 5) is 16.6. The number of anilines is 2. The lowest BCUT2D eigenvalue weighted by Gasteiger charge is -2.19. The number of amides is 1. The Hall–Kier alpha value is -3.40. The van der Waals surface area contributed by atoms with Crippen LogP contribution in [-0.2, 0) is 37.3 Å². The molecule has 1 saturated heterocycles. The summed E-state index contributed by atoms with van der Waals surface area (Å²) in [5, 5.41) is 21.5. The molecule has 0 saturated carbocycles. The normalized spacial score (nSPS) is 21.7. The van der Waals surface area contributed by atoms with Crippen LogP contribution in [0.4, 0.5) is 16.2 Å². The van der Waals surface area contributed by atoms with Gasteiger partial charge in [-0.25, -0.2) is 9.48 Å². The fourth-order valence-electron chi connectivity index (χ4n) is 4.74. The number of hydrogen-bond donors (Lipinski definition) is 1. The number of carbonyl (C=O) groups excluding carboxylic acids is 1. The molecular weight excluding hydrogens is 386 g/mol. The minimum Gasteiger partial charge on any atom is -0.442 e. The van der Waals surface area contributed by atoms with Crippen LogP contribution in [0.1, 0.15) is 16.8 Å². The predicted octanol–water partition coefficient (Wildman–Crippen LogP) is 0.937. The topological polar surface area (TPSA) is 102 Å². The lowest BCUT2D eigenvalue weighted by molar-refractivity contribution is 0.117. The van der Waals surface area contributed by atoms with Gasteiger partial charge in [0.2, 0.25) is 0 Å². The van der Waals surface area contributed by atoms with Crippen molar-refractivity contribution >= 4 is 17.5 Å². The van der Waals surface area contributed by atoms with E-state index >= 15 is 0 Å². The number of fused-ring (bicyclic) bond motifs is 4. The molecule has 1 amide bonds. The molecule has 0 unspecified atom stereocenters. The molecule has 3 aliphatic rings. The summed E-state index contributed by atoms with van der Waals surface area (Å²) in [5.41, 5.74) is 5.47. The Kier molecular flexibility index (Phi) is 3.82. The van der Waals surface area contributed by atoms with E-state index in [2.05, 4.69) is 32.4 Å². The zero-order chi connectivity index (χ0) is 20.2. The van der Waals surface area contributed by atoms with E-state index in [1.165, 1.54) is 5.56 Å². The highest BCUT2D eigenvalue weighted by Gasteiger charge is 2.47. The average molecular weight is 407 g/mol. The molecule has 2 aromatic heterocycles. The minimum atomic E-state index is -0.296. The van der Waals surface area contributed by atoms with Crippen LogP contribution in [0.5, 0.6) is 0 Å². The molecule has 154 valence electrons. The van der Waals surface area contributed by atoms with Gasteiger partial charge in [0.15, 0.2) is 0 Å². The molecule has 0 bridgehead atoms. The third-order valence-electron chi connectivity index (χ3n) is 6.12. The van der Waals surface area contributed by atoms with Crippen molar-refractivity contribution in [3.05, 3.63) is 53.6 Å². The quantitative estimate of drug-likeness (QED) is 0.672. The molecule has 0 aliphatic carbocycles. The molecule has 2 atom stereocenters. The second kappa shape index (κ2) is 6.56. The number of cyclic esters (lactones) is 1. The van der Waals surface area contributed by atoms with E-state index in [1.54, 1.807) is 26.7 Å². The summed E-state index contributed by atoms with van der Waals surface area (Å²) in [7, 11) is 0. The Labute approximate surface area is 172 Å². The standard InChI is InChI=1S/C20H21N7O3/c28-6-5-25-10-14-9-24(11-16(14)22-25)15-1-2-17-13(7-15)8-18-19(30-20(29)27(17)18)12-26-4-3-21-23-26/h1-4,7,10,18-19,28H,5-6,8-9,11-12H2/t18-,19-/m0/s1. The maximum absolute atomic E-state index is 12.5. The SMILES string of the molecule is O=C1O[C@@H](Cn2ccnn2)[C@@H]2Cc3cc(N4Cc5cn(CCO)nc5C4)ccc3N12. The van der Waals surface area contributed by atoms with Crippen molar-refractivity contribution in [2.24, 2.45) is 0 Å². The lowest BCUT2D eigenvalue weighted by Crippen LogP contribution is -2.35. The van der Waals surface area contributed by atoms with Crippen LogP contribution in [0, 0.1) is 0 Å². The summed E-state index contributed by atoms with van der Waals surface area (Å²) < 4.78 is 9.12. The predicted molar refractivity (Wildman–Crippen MR) is 106 cm³/mol. The van der Waals surface area contributed by atoms with Crippen molar-refractivity contribution in [2.45, 2.75) is 44.7 Å². The molecule has 10 heteroatoms. The number of aromatic nitrogens is 5. The van der Waals surface area contributed by atoms with Crippen LogP contribution in [0.3, 0.4) is 0 Å². The smallest absolute Gasteiger partial charge is 0.415 e. The third kappa shape index (κ3) is 2.67. The molecule has 3 aliphatic heterocycles. The van der Waals surface area contributed by atoms with E-state index in [-0.39, 0.29) is 24.8 Å². The van der Waals surface area contributed by atoms with Crippen molar-refractivity contribution in [1.82, 2.24) is 24.8 Å². The van der Waals surface area contributed by atoms with Crippen molar-refractivity contribution < 1.29 is 14.6 Å². The van der Waals surface area contributed by atoms with Gasteiger partial charge < -0.3 is 14.7 Å².